The maximum atomic E-state index is 6.12. The molecule has 286 valence electrons. The number of hydrogen-bond acceptors (Lipinski definition) is 2. The van der Waals surface area contributed by atoms with Crippen LogP contribution in [0.1, 0.15) is 0 Å². The molecule has 0 aliphatic rings. The van der Waals surface area contributed by atoms with E-state index in [0.29, 0.717) is 0 Å². The van der Waals surface area contributed by atoms with Crippen molar-refractivity contribution < 1.29 is 4.42 Å². The third kappa shape index (κ3) is 6.06. The molecule has 0 bridgehead atoms. The molecule has 2 aromatic heterocycles. The van der Waals surface area contributed by atoms with Gasteiger partial charge in [-0.25, -0.2) is 0 Å². The Morgan fingerprint density at radius 2 is 0.721 bits per heavy atom. The normalized spacial score (nSPS) is 11.6. The molecule has 0 N–H and O–H groups in total. The Hall–Kier alpha value is -8.14. The maximum Gasteiger partial charge on any atom is 0.135 e. The van der Waals surface area contributed by atoms with Crippen LogP contribution in [-0.2, 0) is 0 Å². The van der Waals surface area contributed by atoms with Gasteiger partial charge in [-0.2, -0.15) is 0 Å². The van der Waals surface area contributed by atoms with Gasteiger partial charge in [-0.1, -0.05) is 146 Å². The largest absolute Gasteiger partial charge is 0.456 e. The molecule has 0 aliphatic carbocycles. The molecule has 61 heavy (non-hydrogen) atoms. The average molecular weight is 779 g/mol. The summed E-state index contributed by atoms with van der Waals surface area (Å²) in [5, 5.41) is 7.29. The summed E-state index contributed by atoms with van der Waals surface area (Å²) < 4.78 is 8.49. The zero-order valence-electron chi connectivity index (χ0n) is 33.2. The van der Waals surface area contributed by atoms with Crippen molar-refractivity contribution >= 4 is 71.6 Å². The molecule has 0 atom stereocenters. The van der Waals surface area contributed by atoms with E-state index in [4.69, 9.17) is 4.42 Å². The highest BCUT2D eigenvalue weighted by Crippen LogP contribution is 2.40. The summed E-state index contributed by atoms with van der Waals surface area (Å²) in [5.74, 6) is 0. The summed E-state index contributed by atoms with van der Waals surface area (Å²) in [6.45, 7) is 0. The lowest BCUT2D eigenvalue weighted by Gasteiger charge is -2.26. The van der Waals surface area contributed by atoms with Crippen LogP contribution in [0.25, 0.3) is 93.6 Å². The van der Waals surface area contributed by atoms with E-state index >= 15 is 0 Å². The van der Waals surface area contributed by atoms with Crippen molar-refractivity contribution in [3.05, 3.63) is 231 Å². The smallest absolute Gasteiger partial charge is 0.135 e. The maximum absolute atomic E-state index is 6.12. The molecule has 0 fully saturated rings. The number of furan rings is 1. The van der Waals surface area contributed by atoms with Crippen LogP contribution in [0.5, 0.6) is 0 Å². The molecule has 0 amide bonds. The van der Waals surface area contributed by atoms with E-state index in [0.717, 1.165) is 55.8 Å². The van der Waals surface area contributed by atoms with Crippen LogP contribution in [0.3, 0.4) is 0 Å². The van der Waals surface area contributed by atoms with E-state index in [1.807, 2.05) is 12.1 Å². The first-order valence-corrected chi connectivity index (χ1v) is 20.8. The molecule has 2 heterocycles. The molecule has 0 saturated heterocycles. The van der Waals surface area contributed by atoms with Crippen LogP contribution in [0.4, 0.5) is 17.1 Å². The fourth-order valence-electron chi connectivity index (χ4n) is 9.13. The Morgan fingerprint density at radius 1 is 0.295 bits per heavy atom. The third-order valence-corrected chi connectivity index (χ3v) is 12.2. The first kappa shape index (κ1) is 34.9. The second kappa shape index (κ2) is 14.3. The fraction of sp³-hybridized carbons (Fsp3) is 0. The molecule has 10 aromatic carbocycles. The number of fused-ring (bicyclic) bond motifs is 7. The number of aromatic nitrogens is 1. The van der Waals surface area contributed by atoms with Crippen LogP contribution in [-0.4, -0.2) is 4.57 Å². The van der Waals surface area contributed by atoms with Crippen molar-refractivity contribution in [3.8, 4) is 39.1 Å². The summed E-state index contributed by atoms with van der Waals surface area (Å²) in [7, 11) is 0. The zero-order valence-corrected chi connectivity index (χ0v) is 33.2. The van der Waals surface area contributed by atoms with Gasteiger partial charge in [-0.15, -0.1) is 0 Å². The van der Waals surface area contributed by atoms with E-state index < -0.39 is 0 Å². The number of benzene rings is 10. The molecule has 12 aromatic rings. The Kier molecular flexibility index (Phi) is 8.17. The number of nitrogens with zero attached hydrogens (tertiary/aromatic N) is 2. The molecule has 12 rings (SSSR count). The van der Waals surface area contributed by atoms with Gasteiger partial charge in [-0.3, -0.25) is 0 Å². The van der Waals surface area contributed by atoms with Crippen LogP contribution in [0.15, 0.2) is 235 Å². The van der Waals surface area contributed by atoms with E-state index in [1.54, 1.807) is 0 Å². The predicted molar refractivity (Wildman–Crippen MR) is 257 cm³/mol. The van der Waals surface area contributed by atoms with Gasteiger partial charge in [0.1, 0.15) is 11.2 Å². The van der Waals surface area contributed by atoms with Gasteiger partial charge < -0.3 is 13.9 Å². The van der Waals surface area contributed by atoms with Gasteiger partial charge in [0.2, 0.25) is 0 Å². The Morgan fingerprint density at radius 3 is 1.33 bits per heavy atom. The lowest BCUT2D eigenvalue weighted by atomic mass is 10.00. The summed E-state index contributed by atoms with van der Waals surface area (Å²) in [6.07, 6.45) is 0. The van der Waals surface area contributed by atoms with E-state index in [-0.39, 0.29) is 0 Å². The summed E-state index contributed by atoms with van der Waals surface area (Å²) >= 11 is 0. The van der Waals surface area contributed by atoms with Gasteiger partial charge in [0.05, 0.1) is 11.0 Å². The Labute approximate surface area is 353 Å². The Balaban J connectivity index is 0.893. The van der Waals surface area contributed by atoms with Gasteiger partial charge in [-0.05, 0) is 129 Å². The first-order valence-electron chi connectivity index (χ1n) is 20.8. The van der Waals surface area contributed by atoms with Crippen LogP contribution < -0.4 is 4.90 Å². The minimum atomic E-state index is 0.905. The predicted octanol–water partition coefficient (Wildman–Crippen LogP) is 16.3. The first-order chi connectivity index (χ1) is 30.2. The molecule has 0 saturated carbocycles. The van der Waals surface area contributed by atoms with Crippen LogP contribution in [0, 0.1) is 0 Å². The summed E-state index contributed by atoms with van der Waals surface area (Å²) in [6, 6.07) is 83.0. The molecule has 0 aliphatic heterocycles. The molecular weight excluding hydrogens is 741 g/mol. The molecule has 3 nitrogen and oxygen atoms in total. The third-order valence-electron chi connectivity index (χ3n) is 12.2. The van der Waals surface area contributed by atoms with Gasteiger partial charge in [0.15, 0.2) is 0 Å². The SMILES string of the molecule is c1ccc2cc(-c3ccc(N(c4ccc(-c5ccc(-n6c7ccccc7c7ccccc76)cc5)cc4)c4ccc(-c5ccc6oc7ccccc7c6c5)cc4)cc3)ccc2c1. The van der Waals surface area contributed by atoms with Gasteiger partial charge >= 0.3 is 0 Å². The van der Waals surface area contributed by atoms with Crippen molar-refractivity contribution in [1.82, 2.24) is 4.57 Å². The number of para-hydroxylation sites is 3. The van der Waals surface area contributed by atoms with Crippen LogP contribution in [0.2, 0.25) is 0 Å². The second-order valence-electron chi connectivity index (χ2n) is 15.8. The van der Waals surface area contributed by atoms with E-state index in [9.17, 15) is 0 Å². The highest BCUT2D eigenvalue weighted by atomic mass is 16.3. The molecule has 3 heteroatoms. The molecular formula is C58H38N2O. The van der Waals surface area contributed by atoms with E-state index in [1.165, 1.54) is 54.8 Å². The minimum absolute atomic E-state index is 0.905. The highest BCUT2D eigenvalue weighted by molar-refractivity contribution is 6.09. The number of rotatable bonds is 7. The van der Waals surface area contributed by atoms with Crippen molar-refractivity contribution in [2.75, 3.05) is 4.90 Å². The molecule has 0 spiro atoms. The van der Waals surface area contributed by atoms with Gasteiger partial charge in [0.25, 0.3) is 0 Å². The van der Waals surface area contributed by atoms with Crippen molar-refractivity contribution in [2.24, 2.45) is 0 Å². The van der Waals surface area contributed by atoms with Crippen molar-refractivity contribution in [1.29, 1.82) is 0 Å². The number of anilines is 3. The van der Waals surface area contributed by atoms with Gasteiger partial charge in [0, 0.05) is 44.3 Å². The standard InChI is InChI=1S/C58H38N2O/c1-2-10-44-37-45(18-17-39(44)9-1)42-23-30-48(31-24-42)59(49-32-25-43(26-33-49)46-27-36-58-54(38-46)53-13-5-8-16-57(53)61-58)47-28-19-40(20-29-47)41-21-34-50(35-22-41)60-55-14-6-3-11-51(55)52-12-4-7-15-56(52)60/h1-38H. The number of hydrogen-bond donors (Lipinski definition) is 0. The lowest BCUT2D eigenvalue weighted by molar-refractivity contribution is 0.669. The minimum Gasteiger partial charge on any atom is -0.456 e. The van der Waals surface area contributed by atoms with E-state index in [2.05, 4.69) is 228 Å². The quantitative estimate of drug-likeness (QED) is 0.161. The fourth-order valence-corrected chi connectivity index (χ4v) is 9.13. The zero-order chi connectivity index (χ0) is 40.3. The van der Waals surface area contributed by atoms with Crippen molar-refractivity contribution in [3.63, 3.8) is 0 Å². The molecule has 0 unspecified atom stereocenters. The van der Waals surface area contributed by atoms with Crippen LogP contribution >= 0.6 is 0 Å². The average Bonchev–Trinajstić information content (AvgIpc) is 3.88. The monoisotopic (exact) mass is 778 g/mol. The Bertz CT molecular complexity index is 3500. The highest BCUT2D eigenvalue weighted by Gasteiger charge is 2.16. The lowest BCUT2D eigenvalue weighted by Crippen LogP contribution is -2.09. The molecule has 0 radical (unpaired) electrons. The second-order valence-corrected chi connectivity index (χ2v) is 15.8. The topological polar surface area (TPSA) is 21.3 Å². The summed E-state index contributed by atoms with van der Waals surface area (Å²) in [5.41, 5.74) is 15.7. The summed E-state index contributed by atoms with van der Waals surface area (Å²) in [4.78, 5) is 2.34. The van der Waals surface area contributed by atoms with Crippen molar-refractivity contribution in [2.45, 2.75) is 0 Å².